The molecule has 0 radical (unpaired) electrons. The maximum Gasteiger partial charge on any atom is 0.272 e. The number of H-pyrrole nitrogens is 1. The Morgan fingerprint density at radius 3 is 2.83 bits per heavy atom. The molecule has 1 aliphatic heterocycles. The van der Waals surface area contributed by atoms with Gasteiger partial charge in [0.15, 0.2) is 15.5 Å². The minimum Gasteiger partial charge on any atom is -0.352 e. The molecule has 8 nitrogen and oxygen atoms in total. The van der Waals surface area contributed by atoms with Crippen LogP contribution in [0, 0.1) is 0 Å². The monoisotopic (exact) mass is 350 g/mol. The summed E-state index contributed by atoms with van der Waals surface area (Å²) in [4.78, 5) is 23.9. The lowest BCUT2D eigenvalue weighted by Gasteiger charge is -2.10. The van der Waals surface area contributed by atoms with Crippen molar-refractivity contribution in [2.24, 2.45) is 0 Å². The van der Waals surface area contributed by atoms with Gasteiger partial charge in [0.2, 0.25) is 5.91 Å². The average Bonchev–Trinajstić information content (AvgIpc) is 3.10. The molecule has 1 aromatic heterocycles. The van der Waals surface area contributed by atoms with E-state index in [1.54, 1.807) is 6.07 Å². The summed E-state index contributed by atoms with van der Waals surface area (Å²) in [6.07, 6.45) is 0.532. The summed E-state index contributed by atoms with van der Waals surface area (Å²) in [6.45, 7) is 0.158. The fraction of sp³-hybridized carbons (Fsp3) is 0.400. The zero-order valence-electron chi connectivity index (χ0n) is 12.9. The van der Waals surface area contributed by atoms with E-state index in [4.69, 9.17) is 0 Å². The Bertz CT molecular complexity index is 874. The smallest absolute Gasteiger partial charge is 0.272 e. The Labute approximate surface area is 138 Å². The number of hydrogen-bond acceptors (Lipinski definition) is 5. The Kier molecular flexibility index (Phi) is 4.52. The minimum absolute atomic E-state index is 0.00956. The van der Waals surface area contributed by atoms with Gasteiger partial charge >= 0.3 is 0 Å². The molecule has 128 valence electrons. The molecule has 2 heterocycles. The highest BCUT2D eigenvalue weighted by molar-refractivity contribution is 7.91. The fourth-order valence-corrected chi connectivity index (χ4v) is 4.39. The molecule has 0 bridgehead atoms. The van der Waals surface area contributed by atoms with E-state index in [1.807, 2.05) is 18.2 Å². The standard InChI is InChI=1S/C15H18N4O4S/c20-13(17-10-6-8-24(22,23)9-10)5-7-16-15(21)14-11-3-1-2-4-12(11)18-19-14/h1-4,10H,5-9H2,(H,16,21)(H,17,20)(H,18,19). The first-order valence-corrected chi connectivity index (χ1v) is 9.48. The topological polar surface area (TPSA) is 121 Å². The summed E-state index contributed by atoms with van der Waals surface area (Å²) in [5.74, 6) is -0.529. The third-order valence-electron chi connectivity index (χ3n) is 3.92. The number of rotatable bonds is 5. The second kappa shape index (κ2) is 6.60. The predicted octanol–water partition coefficient (Wildman–Crippen LogP) is -0.0139. The highest BCUT2D eigenvalue weighted by Gasteiger charge is 2.28. The van der Waals surface area contributed by atoms with Gasteiger partial charge in [-0.15, -0.1) is 0 Å². The molecule has 1 unspecified atom stereocenters. The number of para-hydroxylation sites is 1. The number of carbonyl (C=O) groups is 2. The summed E-state index contributed by atoms with van der Waals surface area (Å²) >= 11 is 0. The molecule has 0 saturated carbocycles. The van der Waals surface area contributed by atoms with E-state index in [1.165, 1.54) is 0 Å². The van der Waals surface area contributed by atoms with Gasteiger partial charge in [-0.05, 0) is 12.5 Å². The maximum absolute atomic E-state index is 12.1. The van der Waals surface area contributed by atoms with E-state index in [9.17, 15) is 18.0 Å². The van der Waals surface area contributed by atoms with Crippen LogP contribution in [0.5, 0.6) is 0 Å². The summed E-state index contributed by atoms with van der Waals surface area (Å²) in [7, 11) is -3.02. The van der Waals surface area contributed by atoms with Gasteiger partial charge in [0, 0.05) is 24.4 Å². The molecule has 1 fully saturated rings. The van der Waals surface area contributed by atoms with Gasteiger partial charge in [-0.2, -0.15) is 5.10 Å². The first-order valence-electron chi connectivity index (χ1n) is 7.66. The Balaban J connectivity index is 1.48. The Hall–Kier alpha value is -2.42. The van der Waals surface area contributed by atoms with E-state index in [0.29, 0.717) is 6.42 Å². The third-order valence-corrected chi connectivity index (χ3v) is 5.69. The van der Waals surface area contributed by atoms with Crippen LogP contribution >= 0.6 is 0 Å². The number of fused-ring (bicyclic) bond motifs is 1. The normalized spacial score (nSPS) is 19.2. The van der Waals surface area contributed by atoms with E-state index >= 15 is 0 Å². The van der Waals surface area contributed by atoms with Gasteiger partial charge in [0.05, 0.1) is 17.0 Å². The van der Waals surface area contributed by atoms with Crippen LogP contribution in [0.1, 0.15) is 23.3 Å². The zero-order valence-corrected chi connectivity index (χ0v) is 13.7. The lowest BCUT2D eigenvalue weighted by Crippen LogP contribution is -2.37. The van der Waals surface area contributed by atoms with E-state index < -0.39 is 9.84 Å². The number of hydrogen-bond donors (Lipinski definition) is 3. The van der Waals surface area contributed by atoms with Crippen LogP contribution in [0.3, 0.4) is 0 Å². The molecular formula is C15H18N4O4S. The van der Waals surface area contributed by atoms with Crippen molar-refractivity contribution in [2.45, 2.75) is 18.9 Å². The van der Waals surface area contributed by atoms with Crippen LogP contribution in [0.25, 0.3) is 10.9 Å². The van der Waals surface area contributed by atoms with Crippen molar-refractivity contribution < 1.29 is 18.0 Å². The second-order valence-corrected chi connectivity index (χ2v) is 8.02. The van der Waals surface area contributed by atoms with Gasteiger partial charge in [-0.1, -0.05) is 18.2 Å². The molecule has 0 aliphatic carbocycles. The molecule has 2 amide bonds. The number of carbonyl (C=O) groups excluding carboxylic acids is 2. The molecule has 3 rings (SSSR count). The lowest BCUT2D eigenvalue weighted by molar-refractivity contribution is -0.121. The molecule has 1 aliphatic rings. The second-order valence-electron chi connectivity index (χ2n) is 5.79. The van der Waals surface area contributed by atoms with Crippen LogP contribution in [-0.2, 0) is 14.6 Å². The van der Waals surface area contributed by atoms with Crippen molar-refractivity contribution in [1.82, 2.24) is 20.8 Å². The third kappa shape index (κ3) is 3.73. The van der Waals surface area contributed by atoms with Crippen LogP contribution < -0.4 is 10.6 Å². The van der Waals surface area contributed by atoms with Crippen molar-refractivity contribution in [2.75, 3.05) is 18.1 Å². The predicted molar refractivity (Wildman–Crippen MR) is 88.2 cm³/mol. The molecule has 1 atom stereocenters. The van der Waals surface area contributed by atoms with Crippen LogP contribution in [0.15, 0.2) is 24.3 Å². The van der Waals surface area contributed by atoms with E-state index in [-0.39, 0.29) is 48.0 Å². The van der Waals surface area contributed by atoms with Gasteiger partial charge in [-0.25, -0.2) is 8.42 Å². The molecule has 3 N–H and O–H groups in total. The largest absolute Gasteiger partial charge is 0.352 e. The molecular weight excluding hydrogens is 332 g/mol. The summed E-state index contributed by atoms with van der Waals surface area (Å²) in [5, 5.41) is 12.8. The number of sulfone groups is 1. The SMILES string of the molecule is O=C(CCNC(=O)c1n[nH]c2ccccc12)NC1CCS(=O)(=O)C1. The number of nitrogens with one attached hydrogen (secondary N) is 3. The first-order chi connectivity index (χ1) is 11.4. The quantitative estimate of drug-likeness (QED) is 0.700. The number of benzene rings is 1. The lowest BCUT2D eigenvalue weighted by atomic mass is 10.2. The molecule has 24 heavy (non-hydrogen) atoms. The molecule has 9 heteroatoms. The minimum atomic E-state index is -3.02. The van der Waals surface area contributed by atoms with Gasteiger partial charge in [-0.3, -0.25) is 14.7 Å². The molecule has 0 spiro atoms. The van der Waals surface area contributed by atoms with Crippen molar-refractivity contribution in [3.05, 3.63) is 30.0 Å². The van der Waals surface area contributed by atoms with Crippen LogP contribution in [0.4, 0.5) is 0 Å². The zero-order chi connectivity index (χ0) is 17.2. The van der Waals surface area contributed by atoms with E-state index in [0.717, 1.165) is 10.9 Å². The van der Waals surface area contributed by atoms with Crippen molar-refractivity contribution in [3.63, 3.8) is 0 Å². The number of amides is 2. The highest BCUT2D eigenvalue weighted by Crippen LogP contribution is 2.14. The van der Waals surface area contributed by atoms with Gasteiger partial charge in [0.25, 0.3) is 5.91 Å². The van der Waals surface area contributed by atoms with Crippen LogP contribution in [0.2, 0.25) is 0 Å². The fourth-order valence-electron chi connectivity index (χ4n) is 2.72. The summed E-state index contributed by atoms with van der Waals surface area (Å²) in [6, 6.07) is 6.95. The Morgan fingerprint density at radius 2 is 2.08 bits per heavy atom. The Morgan fingerprint density at radius 1 is 1.29 bits per heavy atom. The summed E-state index contributed by atoms with van der Waals surface area (Å²) in [5.41, 5.74) is 1.05. The number of nitrogens with zero attached hydrogens (tertiary/aromatic N) is 1. The molecule has 2 aromatic rings. The molecule has 1 aromatic carbocycles. The van der Waals surface area contributed by atoms with Crippen molar-refractivity contribution >= 4 is 32.6 Å². The maximum atomic E-state index is 12.1. The van der Waals surface area contributed by atoms with E-state index in [2.05, 4.69) is 20.8 Å². The van der Waals surface area contributed by atoms with Crippen LogP contribution in [-0.4, -0.2) is 54.5 Å². The highest BCUT2D eigenvalue weighted by atomic mass is 32.2. The number of aromatic amines is 1. The number of aromatic nitrogens is 2. The first kappa shape index (κ1) is 16.4. The van der Waals surface area contributed by atoms with Crippen molar-refractivity contribution in [1.29, 1.82) is 0 Å². The molecule has 1 saturated heterocycles. The van der Waals surface area contributed by atoms with Gasteiger partial charge in [0.1, 0.15) is 0 Å². The van der Waals surface area contributed by atoms with Crippen molar-refractivity contribution in [3.8, 4) is 0 Å². The average molecular weight is 350 g/mol. The summed E-state index contributed by atoms with van der Waals surface area (Å²) < 4.78 is 22.7. The van der Waals surface area contributed by atoms with Gasteiger partial charge < -0.3 is 10.6 Å².